The fourth-order valence-electron chi connectivity index (χ4n) is 2.02. The quantitative estimate of drug-likeness (QED) is 0.877. The molecule has 94 valence electrons. The first kappa shape index (κ1) is 13.1. The van der Waals surface area contributed by atoms with Crippen LogP contribution in [0.3, 0.4) is 0 Å². The van der Waals surface area contributed by atoms with Crippen LogP contribution >= 0.6 is 11.6 Å². The standard InChI is InChI=1S/C16H18ClN/c1-2-12-6-8-13(9-7-12)10-16(18)14-4-3-5-15(17)11-14/h3-9,11,16H,2,10,18H2,1H3. The largest absolute Gasteiger partial charge is 0.324 e. The Labute approximate surface area is 114 Å². The Morgan fingerprint density at radius 3 is 2.33 bits per heavy atom. The Morgan fingerprint density at radius 1 is 1.06 bits per heavy atom. The van der Waals surface area contributed by atoms with Gasteiger partial charge in [-0.05, 0) is 41.7 Å². The van der Waals surface area contributed by atoms with Gasteiger partial charge in [0.1, 0.15) is 0 Å². The van der Waals surface area contributed by atoms with Gasteiger partial charge < -0.3 is 5.73 Å². The first-order valence-electron chi connectivity index (χ1n) is 6.28. The highest BCUT2D eigenvalue weighted by Crippen LogP contribution is 2.19. The molecule has 2 aromatic rings. The Morgan fingerprint density at radius 2 is 1.72 bits per heavy atom. The third kappa shape index (κ3) is 3.34. The van der Waals surface area contributed by atoms with Gasteiger partial charge in [-0.25, -0.2) is 0 Å². The summed E-state index contributed by atoms with van der Waals surface area (Å²) in [5, 5.41) is 0.740. The van der Waals surface area contributed by atoms with Crippen molar-refractivity contribution in [2.45, 2.75) is 25.8 Å². The van der Waals surface area contributed by atoms with Crippen LogP contribution in [0.15, 0.2) is 48.5 Å². The summed E-state index contributed by atoms with van der Waals surface area (Å²) in [6, 6.07) is 16.4. The zero-order chi connectivity index (χ0) is 13.0. The van der Waals surface area contributed by atoms with Crippen LogP contribution in [0.1, 0.15) is 29.7 Å². The molecule has 1 nitrogen and oxygen atoms in total. The van der Waals surface area contributed by atoms with Crippen LogP contribution in [-0.4, -0.2) is 0 Å². The normalized spacial score (nSPS) is 12.4. The highest BCUT2D eigenvalue weighted by molar-refractivity contribution is 6.30. The van der Waals surface area contributed by atoms with Crippen molar-refractivity contribution < 1.29 is 0 Å². The minimum Gasteiger partial charge on any atom is -0.324 e. The number of hydrogen-bond acceptors (Lipinski definition) is 1. The molecule has 18 heavy (non-hydrogen) atoms. The van der Waals surface area contributed by atoms with Gasteiger partial charge in [-0.3, -0.25) is 0 Å². The third-order valence-electron chi connectivity index (χ3n) is 3.16. The van der Waals surface area contributed by atoms with E-state index in [1.54, 1.807) is 0 Å². The van der Waals surface area contributed by atoms with Gasteiger partial charge in [-0.1, -0.05) is 54.9 Å². The minimum atomic E-state index is -0.00354. The molecule has 0 heterocycles. The molecule has 0 fully saturated rings. The van der Waals surface area contributed by atoms with E-state index >= 15 is 0 Å². The average Bonchev–Trinajstić information content (AvgIpc) is 2.39. The molecule has 0 saturated heterocycles. The summed E-state index contributed by atoms with van der Waals surface area (Å²) in [6.45, 7) is 2.16. The van der Waals surface area contributed by atoms with Gasteiger partial charge >= 0.3 is 0 Å². The second-order valence-electron chi connectivity index (χ2n) is 4.54. The van der Waals surface area contributed by atoms with E-state index in [4.69, 9.17) is 17.3 Å². The van der Waals surface area contributed by atoms with Crippen molar-refractivity contribution in [2.75, 3.05) is 0 Å². The van der Waals surface area contributed by atoms with Crippen LogP contribution in [0.2, 0.25) is 5.02 Å². The Balaban J connectivity index is 2.08. The lowest BCUT2D eigenvalue weighted by atomic mass is 9.99. The van der Waals surface area contributed by atoms with Crippen molar-refractivity contribution in [3.8, 4) is 0 Å². The first-order chi connectivity index (χ1) is 8.69. The summed E-state index contributed by atoms with van der Waals surface area (Å²) < 4.78 is 0. The van der Waals surface area contributed by atoms with Gasteiger partial charge in [0.05, 0.1) is 0 Å². The fraction of sp³-hybridized carbons (Fsp3) is 0.250. The molecule has 2 N–H and O–H groups in total. The summed E-state index contributed by atoms with van der Waals surface area (Å²) >= 11 is 5.98. The molecule has 0 spiro atoms. The lowest BCUT2D eigenvalue weighted by molar-refractivity contribution is 0.722. The second kappa shape index (κ2) is 6.03. The number of hydrogen-bond donors (Lipinski definition) is 1. The van der Waals surface area contributed by atoms with Crippen LogP contribution in [0.25, 0.3) is 0 Å². The Kier molecular flexibility index (Phi) is 4.40. The molecule has 2 rings (SSSR count). The van der Waals surface area contributed by atoms with Gasteiger partial charge in [0, 0.05) is 11.1 Å². The molecule has 0 aliphatic carbocycles. The third-order valence-corrected chi connectivity index (χ3v) is 3.40. The van der Waals surface area contributed by atoms with Crippen molar-refractivity contribution >= 4 is 11.6 Å². The molecule has 0 amide bonds. The highest BCUT2D eigenvalue weighted by Gasteiger charge is 2.07. The van der Waals surface area contributed by atoms with Crippen LogP contribution < -0.4 is 5.73 Å². The topological polar surface area (TPSA) is 26.0 Å². The SMILES string of the molecule is CCc1ccc(CC(N)c2cccc(Cl)c2)cc1. The van der Waals surface area contributed by atoms with Crippen molar-refractivity contribution in [3.05, 3.63) is 70.2 Å². The lowest BCUT2D eigenvalue weighted by Crippen LogP contribution is -2.13. The summed E-state index contributed by atoms with van der Waals surface area (Å²) in [7, 11) is 0. The zero-order valence-corrected chi connectivity index (χ0v) is 11.3. The number of nitrogens with two attached hydrogens (primary N) is 1. The van der Waals surface area contributed by atoms with E-state index in [9.17, 15) is 0 Å². The molecule has 0 aliphatic heterocycles. The van der Waals surface area contributed by atoms with E-state index in [1.807, 2.05) is 24.3 Å². The van der Waals surface area contributed by atoms with E-state index in [2.05, 4.69) is 31.2 Å². The van der Waals surface area contributed by atoms with Crippen molar-refractivity contribution in [1.82, 2.24) is 0 Å². The average molecular weight is 260 g/mol. The molecule has 0 radical (unpaired) electrons. The van der Waals surface area contributed by atoms with E-state index < -0.39 is 0 Å². The molecular weight excluding hydrogens is 242 g/mol. The molecule has 0 saturated carbocycles. The summed E-state index contributed by atoms with van der Waals surface area (Å²) in [4.78, 5) is 0. The molecule has 0 aliphatic rings. The molecule has 0 aromatic heterocycles. The number of rotatable bonds is 4. The molecule has 1 atom stereocenters. The van der Waals surface area contributed by atoms with Crippen molar-refractivity contribution in [3.63, 3.8) is 0 Å². The summed E-state index contributed by atoms with van der Waals surface area (Å²) in [6.07, 6.45) is 1.91. The predicted molar refractivity (Wildman–Crippen MR) is 77.9 cm³/mol. The highest BCUT2D eigenvalue weighted by atomic mass is 35.5. The Bertz CT molecular complexity index is 505. The molecule has 1 unspecified atom stereocenters. The van der Waals surface area contributed by atoms with E-state index in [-0.39, 0.29) is 6.04 Å². The molecular formula is C16H18ClN. The maximum atomic E-state index is 6.21. The monoisotopic (exact) mass is 259 g/mol. The number of benzene rings is 2. The minimum absolute atomic E-state index is 0.00354. The fourth-order valence-corrected chi connectivity index (χ4v) is 2.22. The number of halogens is 1. The van der Waals surface area contributed by atoms with Crippen molar-refractivity contribution in [1.29, 1.82) is 0 Å². The summed E-state index contributed by atoms with van der Waals surface area (Å²) in [5.41, 5.74) is 9.91. The molecule has 2 heteroatoms. The maximum Gasteiger partial charge on any atom is 0.0409 e. The lowest BCUT2D eigenvalue weighted by Gasteiger charge is -2.12. The predicted octanol–water partition coefficient (Wildman–Crippen LogP) is 4.14. The van der Waals surface area contributed by atoms with E-state index in [0.717, 1.165) is 23.4 Å². The van der Waals surface area contributed by atoms with Gasteiger partial charge in [-0.15, -0.1) is 0 Å². The van der Waals surface area contributed by atoms with Crippen LogP contribution in [0.4, 0.5) is 0 Å². The number of aryl methyl sites for hydroxylation is 1. The molecule has 2 aromatic carbocycles. The maximum absolute atomic E-state index is 6.21. The summed E-state index contributed by atoms with van der Waals surface area (Å²) in [5.74, 6) is 0. The van der Waals surface area contributed by atoms with Gasteiger partial charge in [0.2, 0.25) is 0 Å². The van der Waals surface area contributed by atoms with Crippen LogP contribution in [-0.2, 0) is 12.8 Å². The Hall–Kier alpha value is -1.31. The van der Waals surface area contributed by atoms with Crippen LogP contribution in [0.5, 0.6) is 0 Å². The van der Waals surface area contributed by atoms with Gasteiger partial charge in [0.25, 0.3) is 0 Å². The van der Waals surface area contributed by atoms with Crippen LogP contribution in [0, 0.1) is 0 Å². The van der Waals surface area contributed by atoms with Gasteiger partial charge in [0.15, 0.2) is 0 Å². The second-order valence-corrected chi connectivity index (χ2v) is 4.97. The van der Waals surface area contributed by atoms with E-state index in [1.165, 1.54) is 11.1 Å². The first-order valence-corrected chi connectivity index (χ1v) is 6.65. The van der Waals surface area contributed by atoms with Crippen molar-refractivity contribution in [2.24, 2.45) is 5.73 Å². The smallest absolute Gasteiger partial charge is 0.0409 e. The molecule has 0 bridgehead atoms. The van der Waals surface area contributed by atoms with E-state index in [0.29, 0.717) is 0 Å². The zero-order valence-electron chi connectivity index (χ0n) is 10.6. The van der Waals surface area contributed by atoms with Gasteiger partial charge in [-0.2, -0.15) is 0 Å².